The predicted octanol–water partition coefficient (Wildman–Crippen LogP) is 27.8. The number of carboxylic acids is 5. The molecule has 10 heterocycles. The second kappa shape index (κ2) is 43.0. The number of Topliss-reactive ketones (excluding diaryl/α,β-unsaturated/α-hetero) is 1. The fourth-order valence-corrected chi connectivity index (χ4v) is 19.2. The zero-order valence-corrected chi connectivity index (χ0v) is 78.7. The molecule has 7 aromatic carbocycles. The minimum absolute atomic E-state index is 0.00546. The zero-order chi connectivity index (χ0) is 95.2. The molecule has 9 N–H and O–H groups in total. The first-order valence-corrected chi connectivity index (χ1v) is 46.0. The van der Waals surface area contributed by atoms with Gasteiger partial charge in [0, 0.05) is 86.3 Å². The van der Waals surface area contributed by atoms with Gasteiger partial charge >= 0.3 is 29.8 Å². The molecule has 0 bridgehead atoms. The Hall–Kier alpha value is -14.6. The van der Waals surface area contributed by atoms with Gasteiger partial charge < -0.3 is 68.9 Å². The van der Waals surface area contributed by atoms with E-state index in [0.29, 0.717) is 127 Å². The molecule has 0 fully saturated rings. The van der Waals surface area contributed by atoms with Gasteiger partial charge in [0.1, 0.15) is 88.3 Å². The van der Waals surface area contributed by atoms with Crippen LogP contribution in [0.4, 0.5) is 20.0 Å². The van der Waals surface area contributed by atoms with E-state index in [1.807, 2.05) is 147 Å². The molecular formula is C101H77BrCl2N4O20S5. The fraction of sp³-hybridized carbons (Fsp3) is 0.0891. The molecule has 0 aliphatic heterocycles. The number of anilines is 4. The van der Waals surface area contributed by atoms with E-state index in [0.717, 1.165) is 71.7 Å². The smallest absolute Gasteiger partial charge is 0.339 e. The van der Waals surface area contributed by atoms with Gasteiger partial charge in [-0.3, -0.25) is 24.0 Å². The van der Waals surface area contributed by atoms with Crippen LogP contribution in [-0.2, 0) is 6.42 Å². The number of amides is 4. The maximum atomic E-state index is 13.0. The first-order valence-electron chi connectivity index (χ1n) is 40.1. The summed E-state index contributed by atoms with van der Waals surface area (Å²) in [5, 5.41) is 70.0. The second-order valence-electron chi connectivity index (χ2n) is 29.6. The first-order chi connectivity index (χ1) is 63.7. The Morgan fingerprint density at radius 3 is 0.955 bits per heavy atom. The lowest BCUT2D eigenvalue weighted by molar-refractivity contribution is 0.0686. The summed E-state index contributed by atoms with van der Waals surface area (Å²) in [7, 11) is 0. The van der Waals surface area contributed by atoms with Crippen molar-refractivity contribution in [1.82, 2.24) is 0 Å². The molecule has 10 aromatic heterocycles. The number of aryl methyl sites for hydroxylation is 8. The second-order valence-corrected chi connectivity index (χ2v) is 35.9. The Morgan fingerprint density at radius 1 is 0.323 bits per heavy atom. The number of carbonyl (C=O) groups is 10. The van der Waals surface area contributed by atoms with Gasteiger partial charge in [0.25, 0.3) is 23.6 Å². The van der Waals surface area contributed by atoms with Crippen LogP contribution in [0.5, 0.6) is 0 Å². The lowest BCUT2D eigenvalue weighted by Crippen LogP contribution is -2.13. The average Bonchev–Trinajstić information content (AvgIpc) is 1.58. The lowest BCUT2D eigenvalue weighted by atomic mass is 9.99. The summed E-state index contributed by atoms with van der Waals surface area (Å²) in [5.74, 6) is -2.72. The molecule has 0 spiro atoms. The number of hydrogen-bond acceptors (Lipinski definition) is 20. The number of nitrogens with one attached hydrogen (secondary N) is 4. The Balaban J connectivity index is 0.000000142. The number of halogens is 3. The third-order valence-electron chi connectivity index (χ3n) is 20.3. The Bertz CT molecular complexity index is 6820. The van der Waals surface area contributed by atoms with Gasteiger partial charge in [-0.15, -0.1) is 56.7 Å². The Morgan fingerprint density at radius 2 is 0.624 bits per heavy atom. The molecule has 0 saturated carbocycles. The number of carboxylic acid groups (broad SMARTS) is 5. The molecule has 0 radical (unpaired) electrons. The van der Waals surface area contributed by atoms with Crippen LogP contribution in [0, 0.1) is 55.4 Å². The molecule has 0 aliphatic rings. The highest BCUT2D eigenvalue weighted by Gasteiger charge is 2.30. The number of ketones is 1. The minimum atomic E-state index is -1.11. The number of carbonyl (C=O) groups excluding carboxylic acids is 5. The topological polar surface area (TPSA) is 386 Å². The van der Waals surface area contributed by atoms with E-state index < -0.39 is 47.6 Å². The van der Waals surface area contributed by atoms with E-state index in [-0.39, 0.29) is 61.7 Å². The van der Waals surface area contributed by atoms with Gasteiger partial charge in [-0.05, 0) is 161 Å². The number of hydrogen-bond donors (Lipinski definition) is 9. The molecule has 24 nitrogen and oxygen atoms in total. The molecule has 0 atom stereocenters. The molecular weight excluding hydrogens is 1900 g/mol. The van der Waals surface area contributed by atoms with Gasteiger partial charge in [0.05, 0.1) is 34.1 Å². The molecule has 17 rings (SSSR count). The van der Waals surface area contributed by atoms with Crippen molar-refractivity contribution in [2.24, 2.45) is 0 Å². The van der Waals surface area contributed by atoms with Gasteiger partial charge in [-0.2, -0.15) is 0 Å². The van der Waals surface area contributed by atoms with Crippen molar-refractivity contribution < 1.29 is 95.6 Å². The summed E-state index contributed by atoms with van der Waals surface area (Å²) >= 11 is 21.1. The molecule has 0 saturated heterocycles. The van der Waals surface area contributed by atoms with Crippen molar-refractivity contribution in [3.8, 4) is 78.3 Å². The van der Waals surface area contributed by atoms with Crippen LogP contribution in [0.3, 0.4) is 0 Å². The monoisotopic (exact) mass is 1970 g/mol. The van der Waals surface area contributed by atoms with Gasteiger partial charge in [0.2, 0.25) is 0 Å². The van der Waals surface area contributed by atoms with E-state index in [2.05, 4.69) is 37.2 Å². The van der Waals surface area contributed by atoms with E-state index in [4.69, 9.17) is 45.3 Å². The maximum absolute atomic E-state index is 13.0. The Labute approximate surface area is 798 Å². The highest BCUT2D eigenvalue weighted by Crippen LogP contribution is 2.43. The van der Waals surface area contributed by atoms with E-state index in [1.165, 1.54) is 46.3 Å². The SMILES string of the molecule is Cc1cc(C(=O)Nc2scc(-c3ccc(Cl)cc3)c2C(=O)O)c(C)o1.Cc1ccc(-c2csc(NC(=O)c3cc(-c4ccccc4)oc3C)c2C(=O)O)cc1.Cc1ccc(-c2csc(NC(=O)c3cc(C)oc3C)c2C(=O)O)cc1.Cc1oc(-c2ccccc2)cc1C(=O)Cc1scc(-c2ccc(Cl)cc2)c1C(=O)O.O=C(Nc1scc(-c2ccc(Br)cc2)c1C(=O)O)c1ccco1. The zero-order valence-electron chi connectivity index (χ0n) is 71.5. The molecule has 0 unspecified atom stereocenters. The lowest BCUT2D eigenvalue weighted by Gasteiger charge is -2.06. The van der Waals surface area contributed by atoms with E-state index in [1.54, 1.807) is 147 Å². The molecule has 672 valence electrons. The van der Waals surface area contributed by atoms with Crippen LogP contribution in [0.2, 0.25) is 10.0 Å². The first kappa shape index (κ1) is 96.0. The van der Waals surface area contributed by atoms with Crippen LogP contribution in [0.15, 0.2) is 278 Å². The normalized spacial score (nSPS) is 10.7. The fourth-order valence-electron chi connectivity index (χ4n) is 13.8. The number of furan rings is 5. The summed E-state index contributed by atoms with van der Waals surface area (Å²) in [4.78, 5) is 122. The highest BCUT2D eigenvalue weighted by atomic mass is 79.9. The molecule has 0 aliphatic carbocycles. The van der Waals surface area contributed by atoms with E-state index in [9.17, 15) is 73.5 Å². The van der Waals surface area contributed by atoms with Crippen LogP contribution in [0.1, 0.15) is 154 Å². The van der Waals surface area contributed by atoms with Crippen LogP contribution in [-0.4, -0.2) is 84.8 Å². The van der Waals surface area contributed by atoms with Gasteiger partial charge in [-0.1, -0.05) is 196 Å². The Kier molecular flexibility index (Phi) is 31.0. The summed E-state index contributed by atoms with van der Waals surface area (Å²) < 4.78 is 28.2. The largest absolute Gasteiger partial charge is 0.478 e. The third-order valence-corrected chi connectivity index (χ3v) is 25.9. The van der Waals surface area contributed by atoms with Gasteiger partial charge in [-0.25, -0.2) is 24.0 Å². The van der Waals surface area contributed by atoms with Crippen molar-refractivity contribution in [2.75, 3.05) is 21.3 Å². The van der Waals surface area contributed by atoms with Gasteiger partial charge in [0.15, 0.2) is 11.5 Å². The van der Waals surface area contributed by atoms with Crippen LogP contribution in [0.25, 0.3) is 78.3 Å². The summed E-state index contributed by atoms with van der Waals surface area (Å²) in [6.45, 7) is 14.3. The number of benzene rings is 7. The van der Waals surface area contributed by atoms with Crippen molar-refractivity contribution in [3.63, 3.8) is 0 Å². The number of thiophene rings is 5. The predicted molar refractivity (Wildman–Crippen MR) is 523 cm³/mol. The number of rotatable bonds is 23. The van der Waals surface area contributed by atoms with Crippen molar-refractivity contribution in [3.05, 3.63) is 372 Å². The van der Waals surface area contributed by atoms with Crippen molar-refractivity contribution in [1.29, 1.82) is 0 Å². The summed E-state index contributed by atoms with van der Waals surface area (Å²) in [6, 6.07) is 65.1. The van der Waals surface area contributed by atoms with Crippen LogP contribution < -0.4 is 21.3 Å². The molecule has 32 heteroatoms. The number of aromatic carboxylic acids is 5. The van der Waals surface area contributed by atoms with Crippen molar-refractivity contribution >= 4 is 175 Å². The summed E-state index contributed by atoms with van der Waals surface area (Å²) in [6.07, 6.45) is 1.38. The molecule has 4 amide bonds. The van der Waals surface area contributed by atoms with Crippen molar-refractivity contribution in [2.45, 2.75) is 61.8 Å². The quantitative estimate of drug-likeness (QED) is 0.0269. The highest BCUT2D eigenvalue weighted by molar-refractivity contribution is 9.10. The van der Waals surface area contributed by atoms with E-state index >= 15 is 0 Å². The summed E-state index contributed by atoms with van der Waals surface area (Å²) in [5.41, 5.74) is 12.7. The standard InChI is InChI=1S/C24H17ClO4S.C24H19NO4S.C19H17NO4S.C18H14ClNO4S.C16H10BrNO4S/c1-14-18(11-21(29-14)16-5-3-2-4-6-16)20(26)12-22-23(24(27)28)19(13-30-22)15-7-9-17(25)10-8-15;1-14-8-10-16(11-9-14)19-13-30-23(21(19)24(27)28)25-22(26)18-12-20(29-15(18)2)17-6-4-3-5-7-17;1-10-4-6-13(7-5-10)15-9-25-18(16(15)19(22)23)20-17(21)14-8-11(2)24-12(14)3;1-9-7-13(10(2)24-9)16(21)20-17-15(18(22)23)14(8-25-17)11-3-5-12(19)6-4-11;17-10-5-3-9(4-6-10)11-8-23-15(13(11)16(20)21)18-14(19)12-2-1-7-22-12/h2-11,13H,12H2,1H3,(H,27,28);3-13H,1-2H3,(H,25,26)(H,27,28);4-9H,1-3H3,(H,20,21)(H,22,23);3-8H,1-2H3,(H,20,21)(H,22,23);1-8H,(H,18,19)(H,20,21). The minimum Gasteiger partial charge on any atom is -0.478 e. The molecule has 133 heavy (non-hydrogen) atoms. The maximum Gasteiger partial charge on any atom is 0.339 e. The van der Waals surface area contributed by atoms with Crippen LogP contribution >= 0.6 is 95.8 Å². The third kappa shape index (κ3) is 23.2. The average molecular weight is 1980 g/mol. The molecule has 17 aromatic rings.